The lowest BCUT2D eigenvalue weighted by atomic mass is 9.77. The van der Waals surface area contributed by atoms with Crippen LogP contribution in [-0.2, 0) is 25.7 Å². The van der Waals surface area contributed by atoms with E-state index in [1.54, 1.807) is 11.1 Å². The Balaban J connectivity index is 1.08. The van der Waals surface area contributed by atoms with E-state index in [4.69, 9.17) is 0 Å². The average Bonchev–Trinajstić information content (AvgIpc) is 3.61. The van der Waals surface area contributed by atoms with Gasteiger partial charge in [0.05, 0.1) is 0 Å². The second kappa shape index (κ2) is 11.4. The van der Waals surface area contributed by atoms with Crippen molar-refractivity contribution in [1.29, 1.82) is 0 Å². The van der Waals surface area contributed by atoms with E-state index in [0.717, 1.165) is 18.3 Å². The number of hydrogen-bond donors (Lipinski definition) is 0. The predicted octanol–water partition coefficient (Wildman–Crippen LogP) is 9.78. The molecule has 1 atom stereocenters. The van der Waals surface area contributed by atoms with Crippen molar-refractivity contribution in [3.63, 3.8) is 0 Å². The largest absolute Gasteiger partial charge is 0.0726 e. The van der Waals surface area contributed by atoms with Gasteiger partial charge in [0.15, 0.2) is 0 Å². The van der Waals surface area contributed by atoms with Crippen LogP contribution in [0.15, 0.2) is 84.0 Å². The van der Waals surface area contributed by atoms with Gasteiger partial charge in [0.2, 0.25) is 0 Å². The molecule has 0 bridgehead atoms. The number of fused-ring (bicyclic) bond motifs is 2. The van der Waals surface area contributed by atoms with Gasteiger partial charge in [-0.2, -0.15) is 0 Å². The van der Waals surface area contributed by atoms with Crippen LogP contribution < -0.4 is 0 Å². The van der Waals surface area contributed by atoms with Crippen LogP contribution in [0.2, 0.25) is 0 Å². The summed E-state index contributed by atoms with van der Waals surface area (Å²) in [5.74, 6) is 2.32. The summed E-state index contributed by atoms with van der Waals surface area (Å²) in [4.78, 5) is 0. The first-order valence-electron chi connectivity index (χ1n) is 15.3. The minimum Gasteiger partial charge on any atom is -0.0726 e. The van der Waals surface area contributed by atoms with E-state index in [2.05, 4.69) is 79.8 Å². The van der Waals surface area contributed by atoms with Crippen molar-refractivity contribution in [2.24, 2.45) is 17.8 Å². The molecule has 0 spiro atoms. The van der Waals surface area contributed by atoms with Crippen molar-refractivity contribution >= 4 is 5.57 Å². The Morgan fingerprint density at radius 2 is 1.51 bits per heavy atom. The maximum Gasteiger partial charge on any atom is 0.0281 e. The Labute approximate surface area is 225 Å². The molecule has 1 unspecified atom stereocenters. The molecule has 0 radical (unpaired) electrons. The molecule has 1 saturated carbocycles. The molecule has 1 fully saturated rings. The highest BCUT2D eigenvalue weighted by atomic mass is 14.3. The monoisotopic (exact) mass is 488 g/mol. The van der Waals surface area contributed by atoms with Crippen LogP contribution in [0.3, 0.4) is 0 Å². The van der Waals surface area contributed by atoms with Gasteiger partial charge in [0.25, 0.3) is 0 Å². The van der Waals surface area contributed by atoms with Crippen LogP contribution in [0.5, 0.6) is 0 Å². The van der Waals surface area contributed by atoms with Gasteiger partial charge in [0, 0.05) is 5.92 Å². The number of unbranched alkanes of at least 4 members (excludes halogenated alkanes) is 2. The molecule has 0 aliphatic heterocycles. The molecule has 2 aromatic carbocycles. The molecular weight excluding hydrogens is 444 g/mol. The van der Waals surface area contributed by atoms with Crippen molar-refractivity contribution in [3.8, 4) is 0 Å². The molecule has 192 valence electrons. The van der Waals surface area contributed by atoms with Gasteiger partial charge in [-0.15, -0.1) is 0 Å². The van der Waals surface area contributed by atoms with E-state index in [1.807, 2.05) is 0 Å². The van der Waals surface area contributed by atoms with Crippen LogP contribution in [-0.4, -0.2) is 0 Å². The topological polar surface area (TPSA) is 0 Å². The van der Waals surface area contributed by atoms with Gasteiger partial charge in [-0.1, -0.05) is 118 Å². The van der Waals surface area contributed by atoms with E-state index in [1.165, 1.54) is 110 Å². The fraction of sp³-hybridized carbons (Fsp3) is 0.459. The van der Waals surface area contributed by atoms with Crippen molar-refractivity contribution in [3.05, 3.63) is 112 Å². The number of allylic oxidation sites excluding steroid dienone is 8. The maximum absolute atomic E-state index is 2.47. The van der Waals surface area contributed by atoms with Gasteiger partial charge < -0.3 is 0 Å². The minimum absolute atomic E-state index is 0.413. The lowest BCUT2D eigenvalue weighted by Gasteiger charge is -2.28. The van der Waals surface area contributed by atoms with Gasteiger partial charge in [-0.25, -0.2) is 0 Å². The van der Waals surface area contributed by atoms with Crippen molar-refractivity contribution in [2.45, 2.75) is 90.4 Å². The Morgan fingerprint density at radius 1 is 0.730 bits per heavy atom. The molecule has 0 amide bonds. The summed E-state index contributed by atoms with van der Waals surface area (Å²) in [5.41, 5.74) is 12.0. The molecule has 0 heterocycles. The predicted molar refractivity (Wildman–Crippen MR) is 159 cm³/mol. The average molecular weight is 489 g/mol. The molecule has 0 N–H and O–H groups in total. The molecule has 37 heavy (non-hydrogen) atoms. The van der Waals surface area contributed by atoms with E-state index in [9.17, 15) is 0 Å². The molecule has 0 saturated heterocycles. The summed E-state index contributed by atoms with van der Waals surface area (Å²) in [6.45, 7) is 2.32. The second-order valence-electron chi connectivity index (χ2n) is 12.2. The van der Waals surface area contributed by atoms with E-state index >= 15 is 0 Å². The highest BCUT2D eigenvalue weighted by molar-refractivity contribution is 5.79. The van der Waals surface area contributed by atoms with E-state index < -0.39 is 0 Å². The van der Waals surface area contributed by atoms with Crippen LogP contribution in [0.1, 0.15) is 92.5 Å². The third-order valence-electron chi connectivity index (χ3n) is 9.64. The second-order valence-corrected chi connectivity index (χ2v) is 12.2. The Morgan fingerprint density at radius 3 is 2.35 bits per heavy atom. The number of hydrogen-bond acceptors (Lipinski definition) is 0. The summed E-state index contributed by atoms with van der Waals surface area (Å²) in [7, 11) is 0. The van der Waals surface area contributed by atoms with Gasteiger partial charge >= 0.3 is 0 Å². The Kier molecular flexibility index (Phi) is 7.63. The SMILES string of the molecule is CCCCCC1CCC(Cc2ccc(CC3=CC=C(c4ccc5c(c4)CCC5)C4C=CC=C34)cc2)CC1. The first-order chi connectivity index (χ1) is 18.3. The first-order valence-corrected chi connectivity index (χ1v) is 15.3. The molecule has 4 aliphatic rings. The standard InChI is InChI=1S/C37H44/c1-2-3-4-7-27-12-14-28(15-13-27)24-29-16-18-30(19-17-29)25-33-22-23-36(37-11-6-10-35(33)37)34-21-20-31-8-5-9-32(31)26-34/h6,10-11,16-23,26-28,37H,2-5,7-9,12-15,24-25H2,1H3. The van der Waals surface area contributed by atoms with Crippen molar-refractivity contribution < 1.29 is 0 Å². The summed E-state index contributed by atoms with van der Waals surface area (Å²) in [5, 5.41) is 0. The lowest BCUT2D eigenvalue weighted by molar-refractivity contribution is 0.257. The number of rotatable bonds is 9. The van der Waals surface area contributed by atoms with Crippen molar-refractivity contribution in [1.82, 2.24) is 0 Å². The van der Waals surface area contributed by atoms with Crippen LogP contribution in [0.25, 0.3) is 5.57 Å². The number of aryl methyl sites for hydroxylation is 2. The summed E-state index contributed by atoms with van der Waals surface area (Å²) in [6, 6.07) is 16.8. The third-order valence-corrected chi connectivity index (χ3v) is 9.64. The molecule has 6 rings (SSSR count). The van der Waals surface area contributed by atoms with Crippen LogP contribution >= 0.6 is 0 Å². The first kappa shape index (κ1) is 24.7. The zero-order chi connectivity index (χ0) is 25.0. The fourth-order valence-corrected chi connectivity index (χ4v) is 7.39. The summed E-state index contributed by atoms with van der Waals surface area (Å²) in [6.07, 6.45) is 29.4. The normalized spacial score (nSPS) is 24.4. The summed E-state index contributed by atoms with van der Waals surface area (Å²) < 4.78 is 0. The van der Waals surface area contributed by atoms with Gasteiger partial charge in [-0.3, -0.25) is 0 Å². The third kappa shape index (κ3) is 5.64. The fourth-order valence-electron chi connectivity index (χ4n) is 7.39. The molecule has 2 aromatic rings. The molecule has 0 aromatic heterocycles. The molecule has 0 heteroatoms. The van der Waals surface area contributed by atoms with E-state index in [-0.39, 0.29) is 0 Å². The summed E-state index contributed by atoms with van der Waals surface area (Å²) >= 11 is 0. The maximum atomic E-state index is 2.47. The Bertz CT molecular complexity index is 1210. The number of benzene rings is 2. The zero-order valence-corrected chi connectivity index (χ0v) is 22.9. The smallest absolute Gasteiger partial charge is 0.0281 e. The van der Waals surface area contributed by atoms with Gasteiger partial charge in [0.1, 0.15) is 0 Å². The van der Waals surface area contributed by atoms with Gasteiger partial charge in [-0.05, 0) is 101 Å². The van der Waals surface area contributed by atoms with E-state index in [0.29, 0.717) is 5.92 Å². The lowest BCUT2D eigenvalue weighted by Crippen LogP contribution is -2.16. The van der Waals surface area contributed by atoms with Crippen LogP contribution in [0, 0.1) is 17.8 Å². The highest BCUT2D eigenvalue weighted by Crippen LogP contribution is 2.42. The van der Waals surface area contributed by atoms with Crippen LogP contribution in [0.4, 0.5) is 0 Å². The quantitative estimate of drug-likeness (QED) is 0.308. The Hall–Kier alpha value is -2.60. The minimum atomic E-state index is 0.413. The molecule has 0 nitrogen and oxygen atoms in total. The molecule has 4 aliphatic carbocycles. The zero-order valence-electron chi connectivity index (χ0n) is 22.9. The highest BCUT2D eigenvalue weighted by Gasteiger charge is 2.27. The van der Waals surface area contributed by atoms with Crippen molar-refractivity contribution in [2.75, 3.05) is 0 Å². The molecular formula is C37H44.